The Morgan fingerprint density at radius 3 is 0.826 bits per heavy atom. The van der Waals surface area contributed by atoms with E-state index in [0.29, 0.717) is 135 Å². The van der Waals surface area contributed by atoms with E-state index in [1.165, 1.54) is 45.0 Å². The van der Waals surface area contributed by atoms with Crippen LogP contribution in [0.25, 0.3) is 43.6 Å². The summed E-state index contributed by atoms with van der Waals surface area (Å²) in [4.78, 5) is 91.3. The van der Waals surface area contributed by atoms with Crippen molar-refractivity contribution in [3.8, 4) is 0 Å². The van der Waals surface area contributed by atoms with Crippen LogP contribution in [-0.2, 0) is 22.7 Å². The number of aryl methyl sites for hydroxylation is 4. The summed E-state index contributed by atoms with van der Waals surface area (Å²) in [7, 11) is 3.78. The van der Waals surface area contributed by atoms with E-state index >= 15 is 8.78 Å². The van der Waals surface area contributed by atoms with Crippen LogP contribution < -0.4 is 39.2 Å². The third-order valence-corrected chi connectivity index (χ3v) is 29.0. The van der Waals surface area contributed by atoms with E-state index < -0.39 is 22.7 Å². The highest BCUT2D eigenvalue weighted by atomic mass is 19.2. The minimum atomic E-state index is -1.43. The highest BCUT2D eigenvalue weighted by molar-refractivity contribution is 5.94. The molecular weight excluding hydrogens is 1680 g/mol. The molecule has 0 bridgehead atoms. The average Bonchev–Trinajstić information content (AvgIpc) is 1.26. The van der Waals surface area contributed by atoms with Crippen molar-refractivity contribution in [3.63, 3.8) is 0 Å². The van der Waals surface area contributed by atoms with E-state index in [1.807, 2.05) is 97.2 Å². The Bertz CT molecular complexity index is 6140. The second-order valence-electron chi connectivity index (χ2n) is 38.2. The maximum Gasteiger partial charge on any atom is 0.170 e. The molecule has 10 aliphatic rings. The minimum absolute atomic E-state index is 0.0450. The number of fused-ring (bicyclic) bond motifs is 4. The Kier molecular flexibility index (Phi) is 25.8. The van der Waals surface area contributed by atoms with Crippen molar-refractivity contribution in [2.45, 2.75) is 215 Å². The van der Waals surface area contributed by atoms with Gasteiger partial charge < -0.3 is 59.6 Å². The molecule has 0 aromatic carbocycles. The van der Waals surface area contributed by atoms with Gasteiger partial charge in [-0.2, -0.15) is 0 Å². The van der Waals surface area contributed by atoms with Crippen molar-refractivity contribution in [2.24, 2.45) is 0 Å². The number of β-amino-alcohol motifs (C(OH)–C–C–N with tert-alkyl or cyclic N) is 2. The largest absolute Gasteiger partial charge is 0.395 e. The van der Waals surface area contributed by atoms with E-state index in [2.05, 4.69) is 141 Å². The molecule has 6 aliphatic heterocycles. The van der Waals surface area contributed by atoms with Gasteiger partial charge in [0.1, 0.15) is 46.5 Å². The van der Waals surface area contributed by atoms with Crippen LogP contribution in [0.3, 0.4) is 0 Å². The summed E-state index contributed by atoms with van der Waals surface area (Å²) in [5.74, 6) is 9.15. The first-order valence-electron chi connectivity index (χ1n) is 47.6. The zero-order chi connectivity index (χ0) is 91.2. The smallest absolute Gasteiger partial charge is 0.170 e. The number of aliphatic hydroxyl groups excluding tert-OH is 4. The van der Waals surface area contributed by atoms with Crippen molar-refractivity contribution < 1.29 is 38.0 Å². The predicted octanol–water partition coefficient (Wildman–Crippen LogP) is 15.1. The topological polar surface area (TPSA) is 313 Å². The molecule has 0 amide bonds. The van der Waals surface area contributed by atoms with E-state index in [4.69, 9.17) is 19.9 Å². The molecule has 32 heteroatoms. The van der Waals surface area contributed by atoms with Gasteiger partial charge in [-0.15, -0.1) is 0 Å². The summed E-state index contributed by atoms with van der Waals surface area (Å²) in [5.41, 5.74) is 6.72. The lowest BCUT2D eigenvalue weighted by atomic mass is 9.81. The van der Waals surface area contributed by atoms with Gasteiger partial charge in [0.15, 0.2) is 46.0 Å². The van der Waals surface area contributed by atoms with Gasteiger partial charge >= 0.3 is 0 Å². The van der Waals surface area contributed by atoms with Crippen molar-refractivity contribution in [1.82, 2.24) is 79.7 Å². The van der Waals surface area contributed by atoms with Crippen molar-refractivity contribution >= 4 is 90.2 Å². The van der Waals surface area contributed by atoms with E-state index in [-0.39, 0.29) is 37.1 Å². The molecule has 2 atom stereocenters. The second kappa shape index (κ2) is 37.9. The monoisotopic (exact) mass is 1800 g/mol. The molecule has 12 aromatic heterocycles. The number of piperidine rings is 4. The summed E-state index contributed by atoms with van der Waals surface area (Å²) in [6.07, 6.45) is 28.6. The molecule has 6 saturated heterocycles. The number of hydrogen-bond donors (Lipinski definition) is 4. The molecule has 0 radical (unpaired) electrons. The van der Waals surface area contributed by atoms with Crippen LogP contribution in [0.2, 0.25) is 0 Å². The molecule has 28 nitrogen and oxygen atoms in total. The number of hydrogen-bond acceptors (Lipinski definition) is 28. The Morgan fingerprint density at radius 2 is 0.591 bits per heavy atom. The Balaban J connectivity index is 0.000000114. The third kappa shape index (κ3) is 18.9. The average molecular weight is 1800 g/mol. The summed E-state index contributed by atoms with van der Waals surface area (Å²) >= 11 is 0. The highest BCUT2D eigenvalue weighted by Gasteiger charge is 2.51. The molecule has 4 N–H and O–H groups in total. The molecule has 0 unspecified atom stereocenters. The molecule has 0 spiro atoms. The van der Waals surface area contributed by atoms with Crippen LogP contribution in [0.1, 0.15) is 220 Å². The lowest BCUT2D eigenvalue weighted by molar-refractivity contribution is 0.0510. The number of anilines is 8. The molecule has 4 aliphatic carbocycles. The van der Waals surface area contributed by atoms with Crippen molar-refractivity contribution in [2.75, 3.05) is 158 Å². The highest BCUT2D eigenvalue weighted by Crippen LogP contribution is 2.52. The summed E-state index contributed by atoms with van der Waals surface area (Å²) in [5, 5.41) is 42.1. The van der Waals surface area contributed by atoms with Gasteiger partial charge in [-0.05, 0) is 227 Å². The molecule has 132 heavy (non-hydrogen) atoms. The standard InChI is InChI=1S/C26H31FN6O.C25H29FN6O.C25H31FN6O.C24H29FN6O/c1-17-4-2-10-28-23(17)18-5-11-32(12-6-18)24-20-14-22(33-13-7-19(34)16-33)29-15-21(20)30-25(31-24)26(27)8-3-9-26;1-16-3-2-9-27-22(16)17-4-10-31(11-5-17)23-19-13-21(32-12-6-18(33)15-32)28-14-20(19)29-24(30-23)25(26)7-8-25;1-17-5-3-10-27-22(17)18-6-11-32(12-7-18)23-19-15-21(31(2)13-14-33)28-16-20(19)29-24(30-23)25(26)8-4-9-25;1-16-4-3-9-26-21(16)17-5-10-31(11-6-17)22-18-14-20(30(2)12-13-32)27-15-19(18)28-23(29-22)24(25)7-8-24/h2,4,10,14-15,18-19,34H,3,5-9,11-13,16H2,1H3;2-3,9,13-14,17-18,33H,4-8,10-12,15H2,1H3;3,5,10,15-16,18,33H,4,6-9,11-14H2,1-2H3;3-4,9,14-15,17,32H,5-8,10-13H2,1-2H3/t19-;18-;;/m00../s1. The Labute approximate surface area is 767 Å². The number of nitrogens with zero attached hydrogens (tertiary/aromatic N) is 24. The van der Waals surface area contributed by atoms with Crippen LogP contribution in [0.4, 0.5) is 64.1 Å². The fraction of sp³-hybridized carbons (Fsp3) is 0.520. The summed E-state index contributed by atoms with van der Waals surface area (Å²) < 4.78 is 60.7. The number of aromatic nitrogens is 16. The molecule has 18 heterocycles. The zero-order valence-electron chi connectivity index (χ0n) is 76.5. The zero-order valence-corrected chi connectivity index (χ0v) is 76.5. The second-order valence-corrected chi connectivity index (χ2v) is 38.2. The number of halogens is 4. The maximum atomic E-state index is 15.4. The predicted molar refractivity (Wildman–Crippen MR) is 506 cm³/mol. The van der Waals surface area contributed by atoms with Gasteiger partial charge in [-0.25, -0.2) is 77.4 Å². The molecule has 22 rings (SSSR count). The van der Waals surface area contributed by atoms with Crippen LogP contribution >= 0.6 is 0 Å². The SMILES string of the molecule is Cc1cccnc1C1CCN(c2nc(C3(F)CC3)nc3cnc(N(C)CCO)cc23)CC1.Cc1cccnc1C1CCN(c2nc(C3(F)CC3)nc3cnc(N4CC[C@H](O)C4)cc23)CC1.Cc1cccnc1C1CCN(c2nc(C3(F)CCC3)nc3cnc(N(C)CCO)cc23)CC1.Cc1cccnc1C1CCN(c2nc(C3(F)CCC3)nc3cnc(N4CC[C@H](O)C4)cc23)CC1. The van der Waals surface area contributed by atoms with Crippen LogP contribution in [0.15, 0.2) is 122 Å². The first kappa shape index (κ1) is 89.7. The van der Waals surface area contributed by atoms with Crippen molar-refractivity contribution in [3.05, 3.63) is 191 Å². The van der Waals surface area contributed by atoms with Crippen molar-refractivity contribution in [1.29, 1.82) is 0 Å². The first-order valence-corrected chi connectivity index (χ1v) is 47.6. The lowest BCUT2D eigenvalue weighted by Gasteiger charge is -2.36. The van der Waals surface area contributed by atoms with Gasteiger partial charge in [-0.3, -0.25) is 19.9 Å². The fourth-order valence-corrected chi connectivity index (χ4v) is 20.2. The number of pyridine rings is 8. The first-order chi connectivity index (χ1) is 64.0. The van der Waals surface area contributed by atoms with Gasteiger partial charge in [0.2, 0.25) is 0 Å². The van der Waals surface area contributed by atoms with Gasteiger partial charge in [0, 0.05) is 199 Å². The third-order valence-electron chi connectivity index (χ3n) is 29.0. The Morgan fingerprint density at radius 1 is 0.333 bits per heavy atom. The lowest BCUT2D eigenvalue weighted by Crippen LogP contribution is -2.36. The molecule has 12 aromatic rings. The van der Waals surface area contributed by atoms with E-state index in [1.54, 1.807) is 24.8 Å². The van der Waals surface area contributed by atoms with Crippen LogP contribution in [0, 0.1) is 27.7 Å². The Hall–Kier alpha value is -11.5. The summed E-state index contributed by atoms with van der Waals surface area (Å²) in [6, 6.07) is 24.4. The minimum Gasteiger partial charge on any atom is -0.395 e. The molecule has 4 saturated carbocycles. The molecule has 10 fully saturated rings. The number of aliphatic hydroxyl groups is 4. The number of alkyl halides is 4. The molecular formula is C100H120F4N24O4. The quantitative estimate of drug-likeness (QED) is 0.0515. The van der Waals surface area contributed by atoms with Gasteiger partial charge in [0.25, 0.3) is 0 Å². The maximum absolute atomic E-state index is 15.4. The van der Waals surface area contributed by atoms with Gasteiger partial charge in [-0.1, -0.05) is 24.3 Å². The van der Waals surface area contributed by atoms with E-state index in [0.717, 1.165) is 211 Å². The number of rotatable bonds is 20. The number of likely N-dealkylation sites (N-methyl/N-ethyl adjacent to an activating group) is 2. The van der Waals surface area contributed by atoms with Crippen LogP contribution in [0.5, 0.6) is 0 Å². The normalized spacial score (nSPS) is 20.6. The van der Waals surface area contributed by atoms with Crippen LogP contribution in [-0.4, -0.2) is 231 Å². The van der Waals surface area contributed by atoms with E-state index in [9.17, 15) is 29.2 Å². The van der Waals surface area contributed by atoms with Gasteiger partial charge in [0.05, 0.1) is 72.3 Å². The molecule has 692 valence electrons. The summed E-state index contributed by atoms with van der Waals surface area (Å²) in [6.45, 7) is 18.9. The fourth-order valence-electron chi connectivity index (χ4n) is 20.2.